The third-order valence-electron chi connectivity index (χ3n) is 4.08. The number of hydrogen-bond acceptors (Lipinski definition) is 5. The van der Waals surface area contributed by atoms with Crippen LogP contribution in [-0.4, -0.2) is 36.4 Å². The molecule has 0 N–H and O–H groups in total. The van der Waals surface area contributed by atoms with Crippen molar-refractivity contribution in [1.29, 1.82) is 0 Å². The van der Waals surface area contributed by atoms with Gasteiger partial charge in [0.1, 0.15) is 0 Å². The summed E-state index contributed by atoms with van der Waals surface area (Å²) >= 11 is 0. The second-order valence-electron chi connectivity index (χ2n) is 6.46. The van der Waals surface area contributed by atoms with Crippen LogP contribution in [0.1, 0.15) is 16.7 Å². The van der Waals surface area contributed by atoms with Crippen molar-refractivity contribution < 1.29 is 16.8 Å². The van der Waals surface area contributed by atoms with Crippen LogP contribution < -0.4 is 4.90 Å². The van der Waals surface area contributed by atoms with Crippen molar-refractivity contribution in [2.24, 2.45) is 0 Å². The van der Waals surface area contributed by atoms with E-state index in [0.717, 1.165) is 23.6 Å². The maximum atomic E-state index is 12.2. The van der Waals surface area contributed by atoms with Crippen LogP contribution in [0.5, 0.6) is 0 Å². The first kappa shape index (κ1) is 19.5. The van der Waals surface area contributed by atoms with Crippen LogP contribution in [-0.2, 0) is 26.2 Å². The van der Waals surface area contributed by atoms with Gasteiger partial charge in [0, 0.05) is 26.1 Å². The fourth-order valence-corrected chi connectivity index (χ4v) is 4.37. The molecule has 0 unspecified atom stereocenters. The molecule has 7 heteroatoms. The molecule has 0 fully saturated rings. The van der Waals surface area contributed by atoms with Crippen molar-refractivity contribution in [2.75, 3.05) is 24.5 Å². The first-order chi connectivity index (χ1) is 11.4. The van der Waals surface area contributed by atoms with E-state index in [9.17, 15) is 16.8 Å². The lowest BCUT2D eigenvalue weighted by molar-refractivity contribution is 0.600. The topological polar surface area (TPSA) is 71.5 Å². The molecule has 0 amide bonds. The van der Waals surface area contributed by atoms with Gasteiger partial charge in [-0.2, -0.15) is 0 Å². The number of rotatable bonds is 5. The lowest BCUT2D eigenvalue weighted by Crippen LogP contribution is -2.20. The SMILES string of the molecule is Cc1ccc(CN(C)c2ccc(S(C)(=O)=O)cc2S(C)(=O)=O)c(C)c1. The molecule has 0 saturated heterocycles. The quantitative estimate of drug-likeness (QED) is 0.796. The predicted octanol–water partition coefficient (Wildman–Crippen LogP) is 2.75. The normalized spacial score (nSPS) is 12.2. The summed E-state index contributed by atoms with van der Waals surface area (Å²) in [5, 5.41) is 0. The lowest BCUT2D eigenvalue weighted by atomic mass is 10.1. The smallest absolute Gasteiger partial charge is 0.177 e. The zero-order valence-electron chi connectivity index (χ0n) is 15.1. The number of anilines is 1. The van der Waals surface area contributed by atoms with Crippen LogP contribution in [0.2, 0.25) is 0 Å². The summed E-state index contributed by atoms with van der Waals surface area (Å²) < 4.78 is 47.9. The van der Waals surface area contributed by atoms with Gasteiger partial charge in [0.15, 0.2) is 19.7 Å². The van der Waals surface area contributed by atoms with Crippen LogP contribution >= 0.6 is 0 Å². The molecule has 0 aromatic heterocycles. The molecule has 2 aromatic rings. The molecular formula is C18H23NO4S2. The molecule has 0 aliphatic carbocycles. The Bertz CT molecular complexity index is 1010. The van der Waals surface area contributed by atoms with Crippen molar-refractivity contribution in [3.05, 3.63) is 53.1 Å². The first-order valence-electron chi connectivity index (χ1n) is 7.71. The van der Waals surface area contributed by atoms with E-state index in [2.05, 4.69) is 6.07 Å². The Morgan fingerprint density at radius 3 is 2.04 bits per heavy atom. The number of nitrogens with zero attached hydrogens (tertiary/aromatic N) is 1. The van der Waals surface area contributed by atoms with Gasteiger partial charge in [-0.1, -0.05) is 23.8 Å². The number of benzene rings is 2. The number of sulfone groups is 2. The maximum absolute atomic E-state index is 12.2. The van der Waals surface area contributed by atoms with Crippen molar-refractivity contribution in [3.63, 3.8) is 0 Å². The van der Waals surface area contributed by atoms with Gasteiger partial charge in [0.25, 0.3) is 0 Å². The summed E-state index contributed by atoms with van der Waals surface area (Å²) in [7, 11) is -5.26. The molecule has 136 valence electrons. The molecule has 0 atom stereocenters. The van der Waals surface area contributed by atoms with E-state index in [0.29, 0.717) is 12.2 Å². The van der Waals surface area contributed by atoms with Gasteiger partial charge in [-0.25, -0.2) is 16.8 Å². The summed E-state index contributed by atoms with van der Waals surface area (Å²) in [5.74, 6) is 0. The molecule has 0 aliphatic rings. The molecule has 0 saturated carbocycles. The van der Waals surface area contributed by atoms with Gasteiger partial charge in [-0.15, -0.1) is 0 Å². The van der Waals surface area contributed by atoms with Crippen LogP contribution in [0.4, 0.5) is 5.69 Å². The Hall–Kier alpha value is -1.86. The van der Waals surface area contributed by atoms with E-state index in [4.69, 9.17) is 0 Å². The van der Waals surface area contributed by atoms with Gasteiger partial charge < -0.3 is 4.90 Å². The number of aryl methyl sites for hydroxylation is 2. The highest BCUT2D eigenvalue weighted by Crippen LogP contribution is 2.29. The first-order valence-corrected chi connectivity index (χ1v) is 11.5. The van der Waals surface area contributed by atoms with Crippen molar-refractivity contribution in [2.45, 2.75) is 30.2 Å². The third-order valence-corrected chi connectivity index (χ3v) is 6.31. The summed E-state index contributed by atoms with van der Waals surface area (Å²) in [4.78, 5) is 1.83. The van der Waals surface area contributed by atoms with Gasteiger partial charge >= 0.3 is 0 Å². The van der Waals surface area contributed by atoms with Crippen LogP contribution in [0.15, 0.2) is 46.2 Å². The fraction of sp³-hybridized carbons (Fsp3) is 0.333. The van der Waals surface area contributed by atoms with E-state index >= 15 is 0 Å². The molecule has 0 radical (unpaired) electrons. The molecule has 0 bridgehead atoms. The molecule has 25 heavy (non-hydrogen) atoms. The summed E-state index contributed by atoms with van der Waals surface area (Å²) in [5.41, 5.74) is 3.85. The van der Waals surface area contributed by atoms with Crippen LogP contribution in [0.25, 0.3) is 0 Å². The average Bonchev–Trinajstić information content (AvgIpc) is 2.47. The zero-order chi connectivity index (χ0) is 19.0. The Balaban J connectivity index is 2.50. The highest BCUT2D eigenvalue weighted by atomic mass is 32.2. The summed E-state index contributed by atoms with van der Waals surface area (Å²) in [6.45, 7) is 4.55. The van der Waals surface area contributed by atoms with E-state index in [-0.39, 0.29) is 9.79 Å². The van der Waals surface area contributed by atoms with Crippen molar-refractivity contribution >= 4 is 25.4 Å². The molecule has 0 aliphatic heterocycles. The minimum atomic E-state index is -3.58. The minimum Gasteiger partial charge on any atom is -0.369 e. The Morgan fingerprint density at radius 2 is 1.52 bits per heavy atom. The second kappa shape index (κ2) is 6.80. The van der Waals surface area contributed by atoms with Crippen molar-refractivity contribution in [3.8, 4) is 0 Å². The van der Waals surface area contributed by atoms with Gasteiger partial charge in [0.05, 0.1) is 15.5 Å². The molecule has 0 spiro atoms. The Labute approximate surface area is 150 Å². The van der Waals surface area contributed by atoms with E-state index in [1.54, 1.807) is 13.1 Å². The standard InChI is InChI=1S/C18H23NO4S2/c1-13-6-7-15(14(2)10-13)12-19(3)17-9-8-16(24(4,20)21)11-18(17)25(5,22)23/h6-11H,12H2,1-5H3. The average molecular weight is 382 g/mol. The zero-order valence-corrected chi connectivity index (χ0v) is 16.7. The molecular weight excluding hydrogens is 358 g/mol. The van der Waals surface area contributed by atoms with E-state index in [1.165, 1.54) is 17.7 Å². The molecule has 2 rings (SSSR count). The predicted molar refractivity (Wildman–Crippen MR) is 101 cm³/mol. The fourth-order valence-electron chi connectivity index (χ4n) is 2.70. The molecule has 2 aromatic carbocycles. The largest absolute Gasteiger partial charge is 0.369 e. The Morgan fingerprint density at radius 1 is 0.880 bits per heavy atom. The minimum absolute atomic E-state index is 0.00316. The lowest BCUT2D eigenvalue weighted by Gasteiger charge is -2.23. The van der Waals surface area contributed by atoms with Gasteiger partial charge in [-0.05, 0) is 43.2 Å². The third kappa shape index (κ3) is 4.61. The van der Waals surface area contributed by atoms with E-state index in [1.807, 2.05) is 30.9 Å². The van der Waals surface area contributed by atoms with Gasteiger partial charge in [-0.3, -0.25) is 0 Å². The summed E-state index contributed by atoms with van der Waals surface area (Å²) in [6, 6.07) is 10.3. The van der Waals surface area contributed by atoms with Crippen LogP contribution in [0, 0.1) is 13.8 Å². The monoisotopic (exact) mass is 381 g/mol. The molecule has 5 nitrogen and oxygen atoms in total. The second-order valence-corrected chi connectivity index (χ2v) is 10.5. The summed E-state index contributed by atoms with van der Waals surface area (Å²) in [6.07, 6.45) is 2.15. The van der Waals surface area contributed by atoms with Gasteiger partial charge in [0.2, 0.25) is 0 Å². The molecule has 0 heterocycles. The highest BCUT2D eigenvalue weighted by molar-refractivity contribution is 7.91. The van der Waals surface area contributed by atoms with E-state index < -0.39 is 19.7 Å². The highest BCUT2D eigenvalue weighted by Gasteiger charge is 2.20. The number of hydrogen-bond donors (Lipinski definition) is 0. The Kier molecular flexibility index (Phi) is 5.30. The maximum Gasteiger partial charge on any atom is 0.177 e. The van der Waals surface area contributed by atoms with Crippen LogP contribution in [0.3, 0.4) is 0 Å². The van der Waals surface area contributed by atoms with Crippen molar-refractivity contribution in [1.82, 2.24) is 0 Å².